The molecule has 11 heteroatoms. The third-order valence-electron chi connectivity index (χ3n) is 8.28. The molecule has 0 radical (unpaired) electrons. The van der Waals surface area contributed by atoms with E-state index in [4.69, 9.17) is 10.5 Å². The van der Waals surface area contributed by atoms with Crippen LogP contribution in [0.4, 0.5) is 0 Å². The minimum Gasteiger partial charge on any atom is -0.510 e. The number of aldehydes is 1. The molecule has 208 valence electrons. The number of carbonyl (C=O) groups is 4. The monoisotopic (exact) mass is 548 g/mol. The number of aromatic hydroxyl groups is 1. The lowest BCUT2D eigenvalue weighted by Gasteiger charge is -2.50. The van der Waals surface area contributed by atoms with E-state index in [0.717, 1.165) is 0 Å². The Balaban J connectivity index is 1.73. The molecule has 3 aliphatic carbocycles. The van der Waals surface area contributed by atoms with Gasteiger partial charge in [-0.05, 0) is 73.8 Å². The Hall–Kier alpha value is -4.48. The number of ketones is 2. The van der Waals surface area contributed by atoms with Gasteiger partial charge >= 0.3 is 0 Å². The fourth-order valence-corrected chi connectivity index (χ4v) is 6.51. The number of allylic oxidation sites excluding steroid dienone is 1. The summed E-state index contributed by atoms with van der Waals surface area (Å²) >= 11 is 0. The first-order valence-corrected chi connectivity index (χ1v) is 12.5. The zero-order valence-corrected chi connectivity index (χ0v) is 22.0. The van der Waals surface area contributed by atoms with Crippen molar-refractivity contribution in [3.8, 4) is 22.6 Å². The molecule has 11 nitrogen and oxygen atoms in total. The van der Waals surface area contributed by atoms with Crippen LogP contribution in [0.5, 0.6) is 11.5 Å². The number of fused-ring (bicyclic) bond motifs is 3. The highest BCUT2D eigenvalue weighted by Gasteiger charge is 2.63. The number of ether oxygens (including phenoxy) is 1. The van der Waals surface area contributed by atoms with Gasteiger partial charge in [-0.25, -0.2) is 0 Å². The second kappa shape index (κ2) is 9.32. The third-order valence-corrected chi connectivity index (χ3v) is 8.28. The molecule has 0 spiro atoms. The highest BCUT2D eigenvalue weighted by Crippen LogP contribution is 2.53. The van der Waals surface area contributed by atoms with Gasteiger partial charge in [-0.1, -0.05) is 6.07 Å². The van der Waals surface area contributed by atoms with Crippen LogP contribution in [0, 0.1) is 11.8 Å². The first-order chi connectivity index (χ1) is 18.9. The molecule has 0 aliphatic heterocycles. The Morgan fingerprint density at radius 2 is 1.80 bits per heavy atom. The Labute approximate surface area is 228 Å². The number of nitrogens with two attached hydrogens (primary N) is 1. The quantitative estimate of drug-likeness (QED) is 0.271. The summed E-state index contributed by atoms with van der Waals surface area (Å²) in [5.41, 5.74) is 3.12. The number of rotatable bonds is 5. The fourth-order valence-electron chi connectivity index (χ4n) is 6.51. The van der Waals surface area contributed by atoms with Crippen molar-refractivity contribution >= 4 is 23.8 Å². The summed E-state index contributed by atoms with van der Waals surface area (Å²) in [6.07, 6.45) is 0.715. The summed E-state index contributed by atoms with van der Waals surface area (Å²) < 4.78 is 5.21. The first-order valence-electron chi connectivity index (χ1n) is 12.5. The van der Waals surface area contributed by atoms with Crippen molar-refractivity contribution in [2.75, 3.05) is 21.2 Å². The number of aliphatic hydroxyl groups is 3. The maximum Gasteiger partial charge on any atom is 0.255 e. The average Bonchev–Trinajstić information content (AvgIpc) is 2.90. The molecule has 3 aliphatic rings. The lowest BCUT2D eigenvalue weighted by molar-refractivity contribution is -0.148. The predicted octanol–water partition coefficient (Wildman–Crippen LogP) is 1.61. The van der Waals surface area contributed by atoms with Crippen molar-refractivity contribution in [2.45, 2.75) is 24.5 Å². The van der Waals surface area contributed by atoms with E-state index in [1.165, 1.54) is 18.1 Å². The number of phenolic OH excluding ortho intramolecular Hbond substituents is 1. The van der Waals surface area contributed by atoms with Gasteiger partial charge in [0, 0.05) is 17.1 Å². The van der Waals surface area contributed by atoms with Crippen LogP contribution in [-0.2, 0) is 16.0 Å². The first kappa shape index (κ1) is 27.1. The smallest absolute Gasteiger partial charge is 0.255 e. The predicted molar refractivity (Wildman–Crippen MR) is 141 cm³/mol. The molecule has 6 N–H and O–H groups in total. The number of nitrogens with zero attached hydrogens (tertiary/aromatic N) is 1. The van der Waals surface area contributed by atoms with Crippen LogP contribution in [0.15, 0.2) is 53.0 Å². The van der Waals surface area contributed by atoms with Gasteiger partial charge in [-0.2, -0.15) is 0 Å². The van der Waals surface area contributed by atoms with Crippen molar-refractivity contribution in [3.63, 3.8) is 0 Å². The molecule has 40 heavy (non-hydrogen) atoms. The molecule has 4 atom stereocenters. The fraction of sp³-hybridized carbons (Fsp3) is 0.310. The number of primary amides is 1. The number of phenols is 1. The lowest BCUT2D eigenvalue weighted by Crippen LogP contribution is -2.63. The normalized spacial score (nSPS) is 25.9. The van der Waals surface area contributed by atoms with Gasteiger partial charge in [0.25, 0.3) is 5.91 Å². The molecule has 1 amide bonds. The topological polar surface area (TPSA) is 188 Å². The number of hydrogen-bond acceptors (Lipinski definition) is 10. The minimum absolute atomic E-state index is 0.0377. The average molecular weight is 549 g/mol. The van der Waals surface area contributed by atoms with Gasteiger partial charge in [0.2, 0.25) is 5.78 Å². The molecule has 2 aromatic carbocycles. The summed E-state index contributed by atoms with van der Waals surface area (Å²) in [5, 5.41) is 44.7. The number of aliphatic hydroxyl groups excluding tert-OH is 2. The van der Waals surface area contributed by atoms with Crippen LogP contribution in [0.25, 0.3) is 11.1 Å². The molecule has 0 unspecified atom stereocenters. The van der Waals surface area contributed by atoms with E-state index in [1.54, 1.807) is 38.4 Å². The molecule has 0 saturated heterocycles. The number of Topliss-reactive ketones (excluding diaryl/α,β-unsaturated/α-hetero) is 2. The van der Waals surface area contributed by atoms with Crippen LogP contribution in [0.2, 0.25) is 0 Å². The molecular weight excluding hydrogens is 520 g/mol. The Morgan fingerprint density at radius 3 is 2.40 bits per heavy atom. The van der Waals surface area contributed by atoms with Crippen molar-refractivity contribution < 1.29 is 44.3 Å². The van der Waals surface area contributed by atoms with Crippen LogP contribution >= 0.6 is 0 Å². The number of benzene rings is 2. The van der Waals surface area contributed by atoms with E-state index >= 15 is 0 Å². The highest BCUT2D eigenvalue weighted by molar-refractivity contribution is 6.25. The molecule has 0 saturated carbocycles. The van der Waals surface area contributed by atoms with Gasteiger partial charge in [-0.15, -0.1) is 0 Å². The summed E-state index contributed by atoms with van der Waals surface area (Å²) in [6.45, 7) is 0. The number of methoxy groups -OCH3 is 1. The largest absolute Gasteiger partial charge is 0.510 e. The van der Waals surface area contributed by atoms with E-state index in [9.17, 15) is 39.6 Å². The van der Waals surface area contributed by atoms with Crippen LogP contribution in [0.3, 0.4) is 0 Å². The van der Waals surface area contributed by atoms with Crippen molar-refractivity contribution in [1.29, 1.82) is 0 Å². The summed E-state index contributed by atoms with van der Waals surface area (Å²) in [4.78, 5) is 52.8. The zero-order chi connectivity index (χ0) is 29.3. The molecule has 0 aromatic heterocycles. The van der Waals surface area contributed by atoms with Crippen LogP contribution in [0.1, 0.15) is 32.7 Å². The van der Waals surface area contributed by atoms with Gasteiger partial charge in [0.05, 0.1) is 18.7 Å². The second-order valence-electron chi connectivity index (χ2n) is 10.5. The Morgan fingerprint density at radius 1 is 1.12 bits per heavy atom. The summed E-state index contributed by atoms with van der Waals surface area (Å²) in [5.74, 6) is -6.74. The maximum atomic E-state index is 13.9. The summed E-state index contributed by atoms with van der Waals surface area (Å²) in [6, 6.07) is 6.67. The second-order valence-corrected chi connectivity index (χ2v) is 10.5. The van der Waals surface area contributed by atoms with E-state index in [2.05, 4.69) is 0 Å². The molecule has 0 heterocycles. The number of carbonyl (C=O) groups excluding carboxylic acids is 4. The molecular formula is C29H28N2O9. The van der Waals surface area contributed by atoms with Gasteiger partial charge < -0.3 is 30.9 Å². The minimum atomic E-state index is -2.71. The lowest BCUT2D eigenvalue weighted by atomic mass is 9.58. The molecule has 0 bridgehead atoms. The van der Waals surface area contributed by atoms with Crippen LogP contribution in [-0.4, -0.2) is 81.9 Å². The highest BCUT2D eigenvalue weighted by atomic mass is 16.5. The maximum absolute atomic E-state index is 13.9. The van der Waals surface area contributed by atoms with E-state index in [-0.39, 0.29) is 29.7 Å². The molecule has 2 aromatic rings. The number of likely N-dealkylation sites (N-methyl/N-ethyl adjacent to an activating group) is 1. The Bertz CT molecular complexity index is 1570. The van der Waals surface area contributed by atoms with Crippen molar-refractivity contribution in [2.24, 2.45) is 17.6 Å². The van der Waals surface area contributed by atoms with Crippen LogP contribution < -0.4 is 10.5 Å². The molecule has 5 rings (SSSR count). The third kappa shape index (κ3) is 3.58. The van der Waals surface area contributed by atoms with Gasteiger partial charge in [-0.3, -0.25) is 24.1 Å². The van der Waals surface area contributed by atoms with Crippen molar-refractivity contribution in [1.82, 2.24) is 4.90 Å². The molecule has 0 fully saturated rings. The standard InChI is InChI=1S/C29H28N2O9/c1-31(2)23-18-10-12-9-17-16(15-5-4-14(40-3)8-13(15)11-32)6-7-19(33)21(17)24(34)20(12)26(36)29(18,39)27(37)22(25(23)35)28(30)38/h4-8,11-12,18,23,33,35-36,39H,9-10H2,1-3H3,(H2,30,38)/t12-,18-,23-,29-/m0/s1. The van der Waals surface area contributed by atoms with E-state index in [1.807, 2.05) is 0 Å². The van der Waals surface area contributed by atoms with E-state index in [0.29, 0.717) is 34.3 Å². The summed E-state index contributed by atoms with van der Waals surface area (Å²) in [7, 11) is 4.59. The van der Waals surface area contributed by atoms with Crippen molar-refractivity contribution in [3.05, 3.63) is 69.7 Å². The SMILES string of the molecule is COc1ccc(-c2ccc(O)c3c2C[C@H]2C[C@H]4[C@H](N(C)C)C(O)=C(C(N)=O)C(=O)[C@@]4(O)C(O)=C2C3=O)c(C=O)c1. The van der Waals surface area contributed by atoms with Gasteiger partial charge in [0.1, 0.15) is 28.6 Å². The zero-order valence-electron chi connectivity index (χ0n) is 22.0. The van der Waals surface area contributed by atoms with E-state index < -0.39 is 58.0 Å². The number of hydrogen-bond donors (Lipinski definition) is 5. The Kier molecular flexibility index (Phi) is 6.31. The van der Waals surface area contributed by atoms with Gasteiger partial charge in [0.15, 0.2) is 17.7 Å². The number of amides is 1.